The van der Waals surface area contributed by atoms with E-state index in [0.717, 1.165) is 24.9 Å². The molecule has 2 N–H and O–H groups in total. The summed E-state index contributed by atoms with van der Waals surface area (Å²) in [5.41, 5.74) is 6.00. The fourth-order valence-electron chi connectivity index (χ4n) is 8.68. The molecule has 7 rings (SSSR count). The first-order valence-electron chi connectivity index (χ1n) is 17.9. The Morgan fingerprint density at radius 2 is 1.98 bits per heavy atom. The van der Waals surface area contributed by atoms with E-state index < -0.39 is 35.4 Å². The smallest absolute Gasteiger partial charge is 0.418 e. The number of alkyl halides is 4. The van der Waals surface area contributed by atoms with Crippen LogP contribution in [-0.2, 0) is 23.8 Å². The quantitative estimate of drug-likeness (QED) is 0.243. The molecule has 3 saturated heterocycles. The summed E-state index contributed by atoms with van der Waals surface area (Å²) in [5, 5.41) is 10.4. The second-order valence-electron chi connectivity index (χ2n) is 14.7. The highest BCUT2D eigenvalue weighted by Gasteiger charge is 2.50. The van der Waals surface area contributed by atoms with Gasteiger partial charge in [0.2, 0.25) is 5.91 Å². The van der Waals surface area contributed by atoms with E-state index >= 15 is 0 Å². The van der Waals surface area contributed by atoms with Gasteiger partial charge >= 0.3 is 12.2 Å². The molecule has 17 heteroatoms. The minimum absolute atomic E-state index is 0.0118. The van der Waals surface area contributed by atoms with E-state index in [1.54, 1.807) is 17.9 Å². The number of aromatic nitrogens is 5. The molecular formula is C36H42F4N10O2S. The molecule has 1 amide bonds. The molecular weight excluding hydrogens is 713 g/mol. The number of nitriles is 1. The Kier molecular flexibility index (Phi) is 10.0. The maximum atomic E-state index is 14.6. The Hall–Kier alpha value is -4.43. The predicted molar refractivity (Wildman–Crippen MR) is 190 cm³/mol. The number of pyridine rings is 1. The molecule has 0 saturated carbocycles. The normalized spacial score (nSPS) is 26.2. The number of ether oxygens (including phenoxy) is 1. The van der Waals surface area contributed by atoms with Gasteiger partial charge in [-0.05, 0) is 81.2 Å². The molecule has 0 radical (unpaired) electrons. The number of carbonyl (C=O) groups is 1. The summed E-state index contributed by atoms with van der Waals surface area (Å²) >= 11 is 1.19. The van der Waals surface area contributed by atoms with Gasteiger partial charge in [0.15, 0.2) is 0 Å². The molecule has 3 fully saturated rings. The molecule has 6 heterocycles. The molecule has 282 valence electrons. The Morgan fingerprint density at radius 1 is 1.17 bits per heavy atom. The van der Waals surface area contributed by atoms with Gasteiger partial charge in [-0.2, -0.15) is 32.8 Å². The molecule has 12 nitrogen and oxygen atoms in total. The van der Waals surface area contributed by atoms with Crippen molar-refractivity contribution in [1.82, 2.24) is 34.1 Å². The van der Waals surface area contributed by atoms with Crippen molar-refractivity contribution in [3.05, 3.63) is 51.1 Å². The van der Waals surface area contributed by atoms with E-state index in [2.05, 4.69) is 25.3 Å². The molecule has 3 aromatic rings. The highest BCUT2D eigenvalue weighted by atomic mass is 32.1. The molecule has 3 aliphatic heterocycles. The van der Waals surface area contributed by atoms with Gasteiger partial charge < -0.3 is 20.3 Å². The first-order chi connectivity index (χ1) is 25.2. The van der Waals surface area contributed by atoms with E-state index in [1.165, 1.54) is 30.6 Å². The third-order valence-electron chi connectivity index (χ3n) is 11.1. The van der Waals surface area contributed by atoms with Crippen LogP contribution in [0.2, 0.25) is 0 Å². The highest BCUT2D eigenvalue weighted by molar-refractivity contribution is 7.06. The lowest BCUT2D eigenvalue weighted by atomic mass is 9.75. The number of carbonyl (C=O) groups excluding carboxylic acids is 1. The standard InChI is InChI=1S/C36H42F4N10O2S/c1-20-13-26-27(15-25(20)32-31(36(38,39)40)21(2)14-28(42)45-32)44-34(52-19-35-8-4-10-49(35)17-23(37)16-35)46-33(26)48-11-12-50(24(18-48)7-9-41)30(51)6-5-29-43-22(3)47-53-29/h5-6,14,20,23-25H,4,7-8,10-13,15-19H2,1-3H3,(H2,42,45)/b6-5+/t20-,23-,24+,25-,35+/m1/s1. The van der Waals surface area contributed by atoms with Gasteiger partial charge in [-0.25, -0.2) is 14.4 Å². The molecule has 1 aliphatic carbocycles. The number of fused-ring (bicyclic) bond motifs is 2. The number of nitrogens with two attached hydrogens (primary N) is 1. The van der Waals surface area contributed by atoms with Crippen molar-refractivity contribution in [2.45, 2.75) is 89.1 Å². The summed E-state index contributed by atoms with van der Waals surface area (Å²) in [5.74, 6) is 0.00947. The highest BCUT2D eigenvalue weighted by Crippen LogP contribution is 2.46. The predicted octanol–water partition coefficient (Wildman–Crippen LogP) is 5.06. The van der Waals surface area contributed by atoms with Crippen LogP contribution in [-0.4, -0.2) is 97.1 Å². The second-order valence-corrected chi connectivity index (χ2v) is 15.5. The topological polar surface area (TPSA) is 150 Å². The Morgan fingerprint density at radius 3 is 2.72 bits per heavy atom. The number of rotatable bonds is 8. The largest absolute Gasteiger partial charge is 0.461 e. The van der Waals surface area contributed by atoms with Crippen LogP contribution in [0.1, 0.15) is 77.4 Å². The van der Waals surface area contributed by atoms with Crippen molar-refractivity contribution in [3.63, 3.8) is 0 Å². The maximum Gasteiger partial charge on any atom is 0.418 e. The average Bonchev–Trinajstić information content (AvgIpc) is 3.78. The summed E-state index contributed by atoms with van der Waals surface area (Å²) in [7, 11) is 0. The van der Waals surface area contributed by atoms with Gasteiger partial charge in [-0.1, -0.05) is 6.92 Å². The number of aryl methyl sites for hydroxylation is 2. The zero-order chi connectivity index (χ0) is 37.7. The minimum atomic E-state index is -4.63. The summed E-state index contributed by atoms with van der Waals surface area (Å²) in [6.45, 7) is 7.35. The van der Waals surface area contributed by atoms with E-state index in [4.69, 9.17) is 20.4 Å². The fraction of sp³-hybridized carbons (Fsp3) is 0.583. The lowest BCUT2D eigenvalue weighted by molar-refractivity contribution is -0.139. The summed E-state index contributed by atoms with van der Waals surface area (Å²) < 4.78 is 68.5. The molecule has 0 aromatic carbocycles. The van der Waals surface area contributed by atoms with Crippen LogP contribution in [0.15, 0.2) is 12.1 Å². The number of hydrogen-bond donors (Lipinski definition) is 1. The number of nitrogen functional groups attached to an aromatic ring is 1. The van der Waals surface area contributed by atoms with E-state index in [9.17, 15) is 27.6 Å². The lowest BCUT2D eigenvalue weighted by Crippen LogP contribution is -2.55. The zero-order valence-electron chi connectivity index (χ0n) is 29.9. The lowest BCUT2D eigenvalue weighted by Gasteiger charge is -2.42. The SMILES string of the molecule is Cc1nsc(/C=C/C(=O)N2CCN(c3nc(OC[C@@]45CCCN4C[C@H](F)C5)nc4c3C[C@@H](C)[C@H](c3nc(N)cc(C)c3C(F)(F)F)C4)C[C@@H]2CC#N)n1. The van der Waals surface area contributed by atoms with Gasteiger partial charge in [0.05, 0.1) is 41.0 Å². The number of hydrogen-bond acceptors (Lipinski definition) is 12. The van der Waals surface area contributed by atoms with Crippen molar-refractivity contribution >= 4 is 35.2 Å². The Balaban J connectivity index is 1.22. The summed E-state index contributed by atoms with van der Waals surface area (Å²) in [6, 6.07) is 3.05. The van der Waals surface area contributed by atoms with Crippen LogP contribution >= 0.6 is 11.5 Å². The van der Waals surface area contributed by atoms with Crippen LogP contribution in [0.5, 0.6) is 6.01 Å². The van der Waals surface area contributed by atoms with Gasteiger partial charge in [0.1, 0.15) is 35.2 Å². The Labute approximate surface area is 309 Å². The van der Waals surface area contributed by atoms with Crippen LogP contribution in [0.25, 0.3) is 6.08 Å². The third kappa shape index (κ3) is 7.40. The van der Waals surface area contributed by atoms with E-state index in [0.29, 0.717) is 61.4 Å². The fourth-order valence-corrected chi connectivity index (χ4v) is 9.25. The number of nitrogens with zero attached hydrogens (tertiary/aromatic N) is 9. The van der Waals surface area contributed by atoms with Crippen molar-refractivity contribution < 1.29 is 27.1 Å². The van der Waals surface area contributed by atoms with Crippen LogP contribution < -0.4 is 15.4 Å². The molecule has 53 heavy (non-hydrogen) atoms. The van der Waals surface area contributed by atoms with Gasteiger partial charge in [0, 0.05) is 50.2 Å². The third-order valence-corrected chi connectivity index (χ3v) is 11.9. The summed E-state index contributed by atoms with van der Waals surface area (Å²) in [4.78, 5) is 37.4. The monoisotopic (exact) mass is 754 g/mol. The van der Waals surface area contributed by atoms with Gasteiger partial charge in [-0.15, -0.1) is 0 Å². The van der Waals surface area contributed by atoms with Crippen molar-refractivity contribution in [2.24, 2.45) is 5.92 Å². The molecule has 4 aliphatic rings. The van der Waals surface area contributed by atoms with Gasteiger partial charge in [-0.3, -0.25) is 9.69 Å². The van der Waals surface area contributed by atoms with E-state index in [-0.39, 0.29) is 54.4 Å². The number of piperazine rings is 1. The molecule has 5 atom stereocenters. The number of halogens is 4. The van der Waals surface area contributed by atoms with Crippen molar-refractivity contribution in [1.29, 1.82) is 5.26 Å². The molecule has 0 unspecified atom stereocenters. The molecule has 3 aromatic heterocycles. The number of amides is 1. The number of anilines is 2. The molecule has 0 spiro atoms. The van der Waals surface area contributed by atoms with Gasteiger partial charge in [0.25, 0.3) is 0 Å². The van der Waals surface area contributed by atoms with Crippen LogP contribution in [0, 0.1) is 31.1 Å². The minimum Gasteiger partial charge on any atom is -0.461 e. The zero-order valence-corrected chi connectivity index (χ0v) is 30.7. The van der Waals surface area contributed by atoms with Crippen molar-refractivity contribution in [2.75, 3.05) is 50.0 Å². The van der Waals surface area contributed by atoms with Crippen LogP contribution in [0.4, 0.5) is 29.2 Å². The Bertz CT molecular complexity index is 1950. The average molecular weight is 755 g/mol. The van der Waals surface area contributed by atoms with Crippen LogP contribution in [0.3, 0.4) is 0 Å². The molecule has 0 bridgehead atoms. The van der Waals surface area contributed by atoms with E-state index in [1.807, 2.05) is 11.8 Å². The second kappa shape index (κ2) is 14.4. The first kappa shape index (κ1) is 36.9. The summed E-state index contributed by atoms with van der Waals surface area (Å²) in [6.07, 6.45) is 0.110. The first-order valence-corrected chi connectivity index (χ1v) is 18.7. The maximum absolute atomic E-state index is 14.6. The van der Waals surface area contributed by atoms with Crippen molar-refractivity contribution in [3.8, 4) is 12.1 Å².